The summed E-state index contributed by atoms with van der Waals surface area (Å²) >= 11 is 0. The maximum Gasteiger partial charge on any atom is 0.314 e. The SMILES string of the molecule is CC(CCC#N)(C(=O)O)c1c(F)cccc1F. The predicted molar refractivity (Wildman–Crippen MR) is 56.2 cm³/mol. The first kappa shape index (κ1) is 13.1. The van der Waals surface area contributed by atoms with E-state index in [1.807, 2.05) is 0 Å². The van der Waals surface area contributed by atoms with Crippen molar-refractivity contribution in [2.24, 2.45) is 0 Å². The summed E-state index contributed by atoms with van der Waals surface area (Å²) in [5.41, 5.74) is -2.23. The number of rotatable bonds is 4. The Morgan fingerprint density at radius 3 is 2.41 bits per heavy atom. The predicted octanol–water partition coefficient (Wildman–Crippen LogP) is 2.61. The Morgan fingerprint density at radius 1 is 1.47 bits per heavy atom. The molecule has 1 atom stereocenters. The largest absolute Gasteiger partial charge is 0.481 e. The van der Waals surface area contributed by atoms with Crippen molar-refractivity contribution in [3.05, 3.63) is 35.4 Å². The quantitative estimate of drug-likeness (QED) is 0.878. The molecule has 3 nitrogen and oxygen atoms in total. The van der Waals surface area contributed by atoms with Crippen molar-refractivity contribution in [1.29, 1.82) is 5.26 Å². The van der Waals surface area contributed by atoms with Crippen LogP contribution in [0.15, 0.2) is 18.2 Å². The number of hydrogen-bond acceptors (Lipinski definition) is 2. The maximum atomic E-state index is 13.5. The lowest BCUT2D eigenvalue weighted by Gasteiger charge is -2.25. The molecule has 0 fully saturated rings. The summed E-state index contributed by atoms with van der Waals surface area (Å²) in [6, 6.07) is 4.96. The van der Waals surface area contributed by atoms with Crippen LogP contribution >= 0.6 is 0 Å². The molecule has 0 heterocycles. The number of nitriles is 1. The molecule has 0 radical (unpaired) electrons. The lowest BCUT2D eigenvalue weighted by atomic mass is 9.78. The fourth-order valence-corrected chi connectivity index (χ4v) is 1.67. The lowest BCUT2D eigenvalue weighted by Crippen LogP contribution is -2.34. The Kier molecular flexibility index (Phi) is 3.79. The van der Waals surface area contributed by atoms with Crippen LogP contribution in [-0.4, -0.2) is 11.1 Å². The Labute approximate surface area is 97.3 Å². The monoisotopic (exact) mass is 239 g/mol. The molecule has 1 unspecified atom stereocenters. The molecule has 17 heavy (non-hydrogen) atoms. The van der Waals surface area contributed by atoms with E-state index in [9.17, 15) is 13.6 Å². The Balaban J connectivity index is 3.33. The second-order valence-corrected chi connectivity index (χ2v) is 3.89. The van der Waals surface area contributed by atoms with Crippen molar-refractivity contribution in [2.45, 2.75) is 25.2 Å². The highest BCUT2D eigenvalue weighted by molar-refractivity contribution is 5.81. The Bertz CT molecular complexity index is 462. The van der Waals surface area contributed by atoms with Crippen molar-refractivity contribution in [2.75, 3.05) is 0 Å². The molecule has 0 bridgehead atoms. The van der Waals surface area contributed by atoms with Gasteiger partial charge in [-0.15, -0.1) is 0 Å². The highest BCUT2D eigenvalue weighted by Gasteiger charge is 2.39. The molecule has 0 saturated carbocycles. The van der Waals surface area contributed by atoms with Crippen molar-refractivity contribution >= 4 is 5.97 Å². The number of aliphatic carboxylic acids is 1. The van der Waals surface area contributed by atoms with Crippen molar-refractivity contribution in [1.82, 2.24) is 0 Å². The van der Waals surface area contributed by atoms with Gasteiger partial charge in [0.1, 0.15) is 11.6 Å². The summed E-state index contributed by atoms with van der Waals surface area (Å²) in [6.45, 7) is 1.22. The maximum absolute atomic E-state index is 13.5. The van der Waals surface area contributed by atoms with E-state index in [1.165, 1.54) is 13.0 Å². The third-order valence-electron chi connectivity index (χ3n) is 2.72. The van der Waals surface area contributed by atoms with Crippen molar-refractivity contribution in [3.8, 4) is 6.07 Å². The molecular weight excluding hydrogens is 228 g/mol. The van der Waals surface area contributed by atoms with E-state index in [4.69, 9.17) is 10.4 Å². The number of hydrogen-bond donors (Lipinski definition) is 1. The molecule has 1 aromatic carbocycles. The normalized spacial score (nSPS) is 13.8. The summed E-state index contributed by atoms with van der Waals surface area (Å²) in [7, 11) is 0. The zero-order chi connectivity index (χ0) is 13.1. The summed E-state index contributed by atoms with van der Waals surface area (Å²) in [5.74, 6) is -3.17. The van der Waals surface area contributed by atoms with Crippen LogP contribution in [0.3, 0.4) is 0 Å². The number of carbonyl (C=O) groups is 1. The van der Waals surface area contributed by atoms with Crippen LogP contribution in [0.2, 0.25) is 0 Å². The van der Waals surface area contributed by atoms with Crippen LogP contribution in [0, 0.1) is 23.0 Å². The summed E-state index contributed by atoms with van der Waals surface area (Å²) < 4.78 is 27.1. The first-order valence-electron chi connectivity index (χ1n) is 4.98. The zero-order valence-electron chi connectivity index (χ0n) is 9.20. The van der Waals surface area contributed by atoms with E-state index in [2.05, 4.69) is 0 Å². The Morgan fingerprint density at radius 2 is 2.00 bits per heavy atom. The van der Waals surface area contributed by atoms with Gasteiger partial charge >= 0.3 is 5.97 Å². The molecule has 1 rings (SSSR count). The van der Waals surface area contributed by atoms with Gasteiger partial charge in [0.2, 0.25) is 0 Å². The van der Waals surface area contributed by atoms with Gasteiger partial charge in [0.25, 0.3) is 0 Å². The molecule has 1 N–H and O–H groups in total. The van der Waals surface area contributed by atoms with E-state index < -0.39 is 28.6 Å². The van der Waals surface area contributed by atoms with Crippen LogP contribution in [0.5, 0.6) is 0 Å². The topological polar surface area (TPSA) is 61.1 Å². The smallest absolute Gasteiger partial charge is 0.314 e. The molecule has 0 amide bonds. The fraction of sp³-hybridized carbons (Fsp3) is 0.333. The fourth-order valence-electron chi connectivity index (χ4n) is 1.67. The standard InChI is InChI=1S/C12H11F2NO2/c1-12(11(16)17,6-3-7-15)10-8(13)4-2-5-9(10)14/h2,4-5H,3,6H2,1H3,(H,16,17). The highest BCUT2D eigenvalue weighted by Crippen LogP contribution is 2.33. The average Bonchev–Trinajstić information content (AvgIpc) is 2.25. The average molecular weight is 239 g/mol. The molecule has 0 aliphatic heterocycles. The minimum atomic E-state index is -1.73. The van der Waals surface area contributed by atoms with Crippen molar-refractivity contribution < 1.29 is 18.7 Å². The lowest BCUT2D eigenvalue weighted by molar-refractivity contribution is -0.143. The number of carboxylic acid groups (broad SMARTS) is 1. The second kappa shape index (κ2) is 4.91. The first-order valence-corrected chi connectivity index (χ1v) is 4.98. The van der Waals surface area contributed by atoms with Gasteiger partial charge in [-0.05, 0) is 25.5 Å². The van der Waals surface area contributed by atoms with Gasteiger partial charge in [0.15, 0.2) is 0 Å². The summed E-state index contributed by atoms with van der Waals surface area (Å²) in [6.07, 6.45) is -0.229. The molecule has 90 valence electrons. The van der Waals surface area contributed by atoms with Crippen LogP contribution in [0.4, 0.5) is 8.78 Å². The van der Waals surface area contributed by atoms with Gasteiger partial charge in [-0.1, -0.05) is 6.07 Å². The van der Waals surface area contributed by atoms with Gasteiger partial charge < -0.3 is 5.11 Å². The molecular formula is C12H11F2NO2. The van der Waals surface area contributed by atoms with Gasteiger partial charge in [0.05, 0.1) is 11.5 Å². The molecule has 1 aromatic rings. The molecule has 0 saturated heterocycles. The van der Waals surface area contributed by atoms with Gasteiger partial charge in [-0.25, -0.2) is 8.78 Å². The second-order valence-electron chi connectivity index (χ2n) is 3.89. The zero-order valence-corrected chi connectivity index (χ0v) is 9.20. The van der Waals surface area contributed by atoms with Gasteiger partial charge in [-0.3, -0.25) is 4.79 Å². The summed E-state index contributed by atoms with van der Waals surface area (Å²) in [4.78, 5) is 11.2. The van der Waals surface area contributed by atoms with Crippen LogP contribution in [-0.2, 0) is 10.2 Å². The van der Waals surface area contributed by atoms with Gasteiger partial charge in [-0.2, -0.15) is 5.26 Å². The third-order valence-corrected chi connectivity index (χ3v) is 2.72. The molecule has 0 aliphatic carbocycles. The van der Waals surface area contributed by atoms with E-state index in [0.717, 1.165) is 12.1 Å². The van der Waals surface area contributed by atoms with Crippen molar-refractivity contribution in [3.63, 3.8) is 0 Å². The molecule has 0 aliphatic rings. The third kappa shape index (κ3) is 2.41. The van der Waals surface area contributed by atoms with E-state index in [1.54, 1.807) is 6.07 Å². The molecule has 0 aromatic heterocycles. The first-order chi connectivity index (χ1) is 7.93. The number of benzene rings is 1. The Hall–Kier alpha value is -1.96. The van der Waals surface area contributed by atoms with E-state index >= 15 is 0 Å². The van der Waals surface area contributed by atoms with E-state index in [-0.39, 0.29) is 12.8 Å². The summed E-state index contributed by atoms with van der Waals surface area (Å²) in [5, 5.41) is 17.6. The minimum Gasteiger partial charge on any atom is -0.481 e. The van der Waals surface area contributed by atoms with Gasteiger partial charge in [0, 0.05) is 12.0 Å². The van der Waals surface area contributed by atoms with Crippen LogP contribution in [0.25, 0.3) is 0 Å². The molecule has 0 spiro atoms. The highest BCUT2D eigenvalue weighted by atomic mass is 19.1. The van der Waals surface area contributed by atoms with Crippen LogP contribution < -0.4 is 0 Å². The van der Waals surface area contributed by atoms with E-state index in [0.29, 0.717) is 0 Å². The minimum absolute atomic E-state index is 0.0867. The number of carboxylic acids is 1. The number of nitrogens with zero attached hydrogens (tertiary/aromatic N) is 1. The molecule has 5 heteroatoms. The van der Waals surface area contributed by atoms with Crippen LogP contribution in [0.1, 0.15) is 25.3 Å². The number of halogens is 2.